The third kappa shape index (κ3) is 2.66. The minimum Gasteiger partial charge on any atom is -0.496 e. The fourth-order valence-corrected chi connectivity index (χ4v) is 2.88. The Kier molecular flexibility index (Phi) is 3.95. The van der Waals surface area contributed by atoms with E-state index in [-0.39, 0.29) is 0 Å². The monoisotopic (exact) mass is 284 g/mol. The fraction of sp³-hybridized carbons (Fsp3) is 0.188. The molecule has 0 aliphatic rings. The normalized spacial score (nSPS) is 10.8. The molecule has 0 spiro atoms. The predicted molar refractivity (Wildman–Crippen MR) is 83.2 cm³/mol. The second kappa shape index (κ2) is 6.03. The van der Waals surface area contributed by atoms with Gasteiger partial charge in [-0.05, 0) is 17.0 Å². The van der Waals surface area contributed by atoms with E-state index < -0.39 is 0 Å². The fourth-order valence-electron chi connectivity index (χ4n) is 2.32. The van der Waals surface area contributed by atoms with Crippen molar-refractivity contribution in [1.29, 1.82) is 0 Å². The summed E-state index contributed by atoms with van der Waals surface area (Å²) >= 11 is 1.67. The first kappa shape index (κ1) is 13.1. The second-order valence-electron chi connectivity index (χ2n) is 4.54. The zero-order chi connectivity index (χ0) is 13.8. The van der Waals surface area contributed by atoms with Crippen molar-refractivity contribution in [3.63, 3.8) is 0 Å². The molecule has 0 aliphatic carbocycles. The molecule has 1 N–H and O–H groups in total. The molecule has 3 aromatic rings. The molecule has 2 aromatic carbocycles. The van der Waals surface area contributed by atoms with Crippen LogP contribution in [0.15, 0.2) is 48.1 Å². The molecule has 1 heterocycles. The van der Waals surface area contributed by atoms with Crippen LogP contribution >= 0.6 is 11.3 Å². The summed E-state index contributed by atoms with van der Waals surface area (Å²) in [6.45, 7) is 1.69. The number of ether oxygens (including phenoxy) is 1. The van der Waals surface area contributed by atoms with Gasteiger partial charge in [-0.15, -0.1) is 11.3 Å². The summed E-state index contributed by atoms with van der Waals surface area (Å²) in [6.07, 6.45) is 1.91. The Morgan fingerprint density at radius 2 is 1.95 bits per heavy atom. The maximum absolute atomic E-state index is 5.42. The van der Waals surface area contributed by atoms with Crippen LogP contribution in [0.2, 0.25) is 0 Å². The van der Waals surface area contributed by atoms with Crippen molar-refractivity contribution in [2.45, 2.75) is 13.1 Å². The number of benzene rings is 2. The summed E-state index contributed by atoms with van der Waals surface area (Å²) in [5, 5.41) is 5.86. The molecule has 0 bridgehead atoms. The summed E-state index contributed by atoms with van der Waals surface area (Å²) in [7, 11) is 1.71. The molecule has 3 rings (SSSR count). The number of fused-ring (bicyclic) bond motifs is 1. The first-order valence-electron chi connectivity index (χ1n) is 6.51. The third-order valence-electron chi connectivity index (χ3n) is 3.29. The lowest BCUT2D eigenvalue weighted by molar-refractivity contribution is 0.419. The summed E-state index contributed by atoms with van der Waals surface area (Å²) < 4.78 is 5.42. The molecule has 0 saturated carbocycles. The highest BCUT2D eigenvalue weighted by atomic mass is 32.1. The molecule has 0 fully saturated rings. The summed E-state index contributed by atoms with van der Waals surface area (Å²) in [4.78, 5) is 5.34. The molecule has 0 unspecified atom stereocenters. The predicted octanol–water partition coefficient (Wildman–Crippen LogP) is 3.59. The Labute approximate surface area is 122 Å². The number of nitrogens with zero attached hydrogens (tertiary/aromatic N) is 1. The van der Waals surface area contributed by atoms with Crippen molar-refractivity contribution in [3.05, 3.63) is 58.5 Å². The maximum atomic E-state index is 5.42. The first-order valence-corrected chi connectivity index (χ1v) is 7.39. The standard InChI is InChI=1S/C16H16N2OS/c1-19-16-7-6-12(14-4-2-3-5-15(14)16)8-17-9-13-10-18-11-20-13/h2-7,10-11,17H,8-9H2,1H3. The molecule has 20 heavy (non-hydrogen) atoms. The molecular weight excluding hydrogens is 268 g/mol. The number of thiazole rings is 1. The minimum atomic E-state index is 0.836. The summed E-state index contributed by atoms with van der Waals surface area (Å²) in [5.41, 5.74) is 3.14. The van der Waals surface area contributed by atoms with Crippen molar-refractivity contribution in [3.8, 4) is 5.75 Å². The van der Waals surface area contributed by atoms with E-state index in [1.807, 2.05) is 23.8 Å². The van der Waals surface area contributed by atoms with Crippen LogP contribution in [-0.2, 0) is 13.1 Å². The van der Waals surface area contributed by atoms with E-state index in [0.29, 0.717) is 0 Å². The Bertz CT molecular complexity index is 695. The SMILES string of the molecule is COc1ccc(CNCc2cncs2)c2ccccc12. The van der Waals surface area contributed by atoms with Gasteiger partial charge in [-0.3, -0.25) is 4.98 Å². The lowest BCUT2D eigenvalue weighted by Gasteiger charge is -2.11. The van der Waals surface area contributed by atoms with Gasteiger partial charge in [0, 0.05) is 29.5 Å². The van der Waals surface area contributed by atoms with Crippen molar-refractivity contribution < 1.29 is 4.74 Å². The number of hydrogen-bond donors (Lipinski definition) is 1. The maximum Gasteiger partial charge on any atom is 0.126 e. The number of nitrogens with one attached hydrogen (secondary N) is 1. The topological polar surface area (TPSA) is 34.1 Å². The average molecular weight is 284 g/mol. The van der Waals surface area contributed by atoms with Gasteiger partial charge in [-0.25, -0.2) is 0 Å². The highest BCUT2D eigenvalue weighted by Gasteiger charge is 2.05. The van der Waals surface area contributed by atoms with Gasteiger partial charge < -0.3 is 10.1 Å². The summed E-state index contributed by atoms with van der Waals surface area (Å²) in [5.74, 6) is 0.923. The van der Waals surface area contributed by atoms with Crippen molar-refractivity contribution >= 4 is 22.1 Å². The van der Waals surface area contributed by atoms with Gasteiger partial charge in [0.05, 0.1) is 12.6 Å². The molecule has 0 amide bonds. The lowest BCUT2D eigenvalue weighted by Crippen LogP contribution is -2.12. The van der Waals surface area contributed by atoms with Crippen LogP contribution in [0, 0.1) is 0 Å². The van der Waals surface area contributed by atoms with Gasteiger partial charge in [0.15, 0.2) is 0 Å². The van der Waals surface area contributed by atoms with Crippen LogP contribution in [0.25, 0.3) is 10.8 Å². The first-order chi connectivity index (χ1) is 9.88. The Balaban J connectivity index is 1.81. The van der Waals surface area contributed by atoms with Gasteiger partial charge in [0.25, 0.3) is 0 Å². The molecule has 0 saturated heterocycles. The molecular formula is C16H16N2OS. The number of methoxy groups -OCH3 is 1. The van der Waals surface area contributed by atoms with E-state index >= 15 is 0 Å². The van der Waals surface area contributed by atoms with Gasteiger partial charge in [0.1, 0.15) is 5.75 Å². The molecule has 1 aromatic heterocycles. The van der Waals surface area contributed by atoms with Crippen LogP contribution in [0.1, 0.15) is 10.4 Å². The molecule has 4 heteroatoms. The van der Waals surface area contributed by atoms with Gasteiger partial charge in [-0.2, -0.15) is 0 Å². The zero-order valence-electron chi connectivity index (χ0n) is 11.3. The van der Waals surface area contributed by atoms with E-state index in [1.54, 1.807) is 18.4 Å². The number of hydrogen-bond acceptors (Lipinski definition) is 4. The molecule has 0 aliphatic heterocycles. The third-order valence-corrected chi connectivity index (χ3v) is 4.07. The average Bonchev–Trinajstić information content (AvgIpc) is 3.01. The number of rotatable bonds is 5. The van der Waals surface area contributed by atoms with Crippen LogP contribution in [0.3, 0.4) is 0 Å². The zero-order valence-corrected chi connectivity index (χ0v) is 12.1. The molecule has 0 atom stereocenters. The smallest absolute Gasteiger partial charge is 0.126 e. The van der Waals surface area contributed by atoms with Crippen LogP contribution in [0.5, 0.6) is 5.75 Å². The van der Waals surface area contributed by atoms with Crippen LogP contribution in [0.4, 0.5) is 0 Å². The summed E-state index contributed by atoms with van der Waals surface area (Å²) in [6, 6.07) is 12.5. The largest absolute Gasteiger partial charge is 0.496 e. The quantitative estimate of drug-likeness (QED) is 0.777. The highest BCUT2D eigenvalue weighted by Crippen LogP contribution is 2.28. The Hall–Kier alpha value is -1.91. The Morgan fingerprint density at radius 3 is 2.70 bits per heavy atom. The number of aromatic nitrogens is 1. The van der Waals surface area contributed by atoms with E-state index in [2.05, 4.69) is 34.6 Å². The lowest BCUT2D eigenvalue weighted by atomic mass is 10.0. The molecule has 0 radical (unpaired) electrons. The van der Waals surface area contributed by atoms with Crippen LogP contribution in [-0.4, -0.2) is 12.1 Å². The highest BCUT2D eigenvalue weighted by molar-refractivity contribution is 7.09. The van der Waals surface area contributed by atoms with E-state index in [4.69, 9.17) is 4.74 Å². The van der Waals surface area contributed by atoms with E-state index in [0.717, 1.165) is 24.2 Å². The second-order valence-corrected chi connectivity index (χ2v) is 5.51. The van der Waals surface area contributed by atoms with Gasteiger partial charge >= 0.3 is 0 Å². The van der Waals surface area contributed by atoms with E-state index in [1.165, 1.54) is 15.8 Å². The molecule has 102 valence electrons. The minimum absolute atomic E-state index is 0.836. The van der Waals surface area contributed by atoms with Crippen molar-refractivity contribution in [1.82, 2.24) is 10.3 Å². The van der Waals surface area contributed by atoms with Gasteiger partial charge in [-0.1, -0.05) is 30.3 Å². The van der Waals surface area contributed by atoms with Crippen LogP contribution < -0.4 is 10.1 Å². The van der Waals surface area contributed by atoms with Crippen molar-refractivity contribution in [2.24, 2.45) is 0 Å². The van der Waals surface area contributed by atoms with Gasteiger partial charge in [0.2, 0.25) is 0 Å². The molecule has 3 nitrogen and oxygen atoms in total. The van der Waals surface area contributed by atoms with E-state index in [9.17, 15) is 0 Å². The van der Waals surface area contributed by atoms with Crippen molar-refractivity contribution in [2.75, 3.05) is 7.11 Å². The Morgan fingerprint density at radius 1 is 1.10 bits per heavy atom.